The molecule has 28 heavy (non-hydrogen) atoms. The van der Waals surface area contributed by atoms with Gasteiger partial charge in [0, 0.05) is 31.3 Å². The first-order chi connectivity index (χ1) is 13.3. The van der Waals surface area contributed by atoms with Crippen LogP contribution in [0.2, 0.25) is 0 Å². The van der Waals surface area contributed by atoms with Gasteiger partial charge < -0.3 is 14.5 Å². The number of methoxy groups -OCH3 is 1. The lowest BCUT2D eigenvalue weighted by Crippen LogP contribution is -2.36. The number of amides is 2. The van der Waals surface area contributed by atoms with E-state index >= 15 is 0 Å². The van der Waals surface area contributed by atoms with Gasteiger partial charge in [-0.3, -0.25) is 9.59 Å². The van der Waals surface area contributed by atoms with Crippen molar-refractivity contribution in [2.75, 3.05) is 25.6 Å². The third-order valence-electron chi connectivity index (χ3n) is 5.86. The monoisotopic (exact) mass is 380 g/mol. The molecule has 0 N–H and O–H groups in total. The molecule has 3 rings (SSSR count). The highest BCUT2D eigenvalue weighted by molar-refractivity contribution is 6.01. The number of carbonyl (C=O) groups excluding carboxylic acids is 2. The van der Waals surface area contributed by atoms with Crippen LogP contribution >= 0.6 is 0 Å². The van der Waals surface area contributed by atoms with Gasteiger partial charge in [-0.15, -0.1) is 0 Å². The van der Waals surface area contributed by atoms with E-state index in [0.717, 1.165) is 28.1 Å². The van der Waals surface area contributed by atoms with Crippen molar-refractivity contribution >= 4 is 17.5 Å². The minimum absolute atomic E-state index is 0.00500. The molecule has 1 fully saturated rings. The van der Waals surface area contributed by atoms with Crippen molar-refractivity contribution in [1.29, 1.82) is 0 Å². The van der Waals surface area contributed by atoms with Gasteiger partial charge in [-0.1, -0.05) is 30.3 Å². The van der Waals surface area contributed by atoms with E-state index in [9.17, 15) is 9.59 Å². The highest BCUT2D eigenvalue weighted by Gasteiger charge is 2.38. The predicted molar refractivity (Wildman–Crippen MR) is 111 cm³/mol. The summed E-state index contributed by atoms with van der Waals surface area (Å²) in [5, 5.41) is 0. The van der Waals surface area contributed by atoms with Gasteiger partial charge in [-0.05, 0) is 44.0 Å². The van der Waals surface area contributed by atoms with Crippen molar-refractivity contribution in [3.05, 3.63) is 59.2 Å². The van der Waals surface area contributed by atoms with Crippen LogP contribution < -0.4 is 9.64 Å². The molecule has 148 valence electrons. The van der Waals surface area contributed by atoms with Gasteiger partial charge in [0.1, 0.15) is 5.75 Å². The molecule has 0 aliphatic carbocycles. The molecule has 0 bridgehead atoms. The first-order valence-corrected chi connectivity index (χ1v) is 9.61. The fourth-order valence-electron chi connectivity index (χ4n) is 3.83. The normalized spacial score (nSPS) is 17.5. The zero-order valence-corrected chi connectivity index (χ0v) is 17.2. The summed E-state index contributed by atoms with van der Waals surface area (Å²) in [6, 6.07) is 13.5. The number of hydrogen-bond donors (Lipinski definition) is 0. The number of carbonyl (C=O) groups is 2. The number of benzene rings is 2. The molecule has 5 nitrogen and oxygen atoms in total. The second kappa shape index (κ2) is 8.05. The molecule has 5 heteroatoms. The maximum atomic E-state index is 13.1. The lowest BCUT2D eigenvalue weighted by molar-refractivity contribution is -0.136. The molecule has 2 aromatic rings. The van der Waals surface area contributed by atoms with Gasteiger partial charge in [-0.2, -0.15) is 0 Å². The summed E-state index contributed by atoms with van der Waals surface area (Å²) < 4.78 is 5.44. The molecule has 2 atom stereocenters. The van der Waals surface area contributed by atoms with Gasteiger partial charge >= 0.3 is 0 Å². The van der Waals surface area contributed by atoms with Crippen LogP contribution in [0.5, 0.6) is 5.75 Å². The Morgan fingerprint density at radius 3 is 2.61 bits per heavy atom. The van der Waals surface area contributed by atoms with Gasteiger partial charge in [0.25, 0.3) is 0 Å². The summed E-state index contributed by atoms with van der Waals surface area (Å²) in [5.74, 6) is 0.411. The standard InChI is InChI=1S/C23H28N2O3/c1-15-9-8-11-20(16(15)2)25-14-18(13-22(25)26)23(27)24(4)17(3)19-10-6-7-12-21(19)28-5/h6-12,17-18H,13-14H2,1-5H3/t17-,18-/m0/s1. The molecule has 0 spiro atoms. The average molecular weight is 380 g/mol. The number of anilines is 1. The largest absolute Gasteiger partial charge is 0.496 e. The molecule has 0 radical (unpaired) electrons. The van der Waals surface area contributed by atoms with E-state index in [4.69, 9.17) is 4.74 Å². The minimum atomic E-state index is -0.338. The zero-order chi connectivity index (χ0) is 20.4. The molecular weight excluding hydrogens is 352 g/mol. The minimum Gasteiger partial charge on any atom is -0.496 e. The fraction of sp³-hybridized carbons (Fsp3) is 0.391. The van der Waals surface area contributed by atoms with Crippen molar-refractivity contribution in [3.8, 4) is 5.75 Å². The number of hydrogen-bond acceptors (Lipinski definition) is 3. The van der Waals surface area contributed by atoms with E-state index < -0.39 is 0 Å². The summed E-state index contributed by atoms with van der Waals surface area (Å²) >= 11 is 0. The molecule has 1 aliphatic rings. The van der Waals surface area contributed by atoms with E-state index in [-0.39, 0.29) is 30.2 Å². The first-order valence-electron chi connectivity index (χ1n) is 9.61. The molecule has 0 unspecified atom stereocenters. The third-order valence-corrected chi connectivity index (χ3v) is 5.86. The molecule has 2 amide bonds. The van der Waals surface area contributed by atoms with E-state index in [1.54, 1.807) is 24.0 Å². The molecule has 1 aliphatic heterocycles. The Morgan fingerprint density at radius 1 is 1.18 bits per heavy atom. The molecule has 0 aromatic heterocycles. The molecule has 1 heterocycles. The van der Waals surface area contributed by atoms with Crippen molar-refractivity contribution in [2.24, 2.45) is 5.92 Å². The Morgan fingerprint density at radius 2 is 1.89 bits per heavy atom. The lowest BCUT2D eigenvalue weighted by atomic mass is 10.0. The number of para-hydroxylation sites is 1. The van der Waals surface area contributed by atoms with Crippen LogP contribution in [-0.2, 0) is 9.59 Å². The van der Waals surface area contributed by atoms with Crippen LogP contribution in [-0.4, -0.2) is 37.4 Å². The van der Waals surface area contributed by atoms with E-state index in [0.29, 0.717) is 6.54 Å². The number of aryl methyl sites for hydroxylation is 1. The Kier molecular flexibility index (Phi) is 5.73. The quantitative estimate of drug-likeness (QED) is 0.791. The summed E-state index contributed by atoms with van der Waals surface area (Å²) in [4.78, 5) is 29.3. The molecule has 1 saturated heterocycles. The highest BCUT2D eigenvalue weighted by Crippen LogP contribution is 2.33. The van der Waals surface area contributed by atoms with Crippen molar-refractivity contribution < 1.29 is 14.3 Å². The second-order valence-corrected chi connectivity index (χ2v) is 7.49. The van der Waals surface area contributed by atoms with Gasteiger partial charge in [0.05, 0.1) is 19.1 Å². The summed E-state index contributed by atoms with van der Waals surface area (Å²) in [6.45, 7) is 6.45. The topological polar surface area (TPSA) is 49.9 Å². The van der Waals surface area contributed by atoms with Crippen LogP contribution in [0, 0.1) is 19.8 Å². The average Bonchev–Trinajstić information content (AvgIpc) is 3.09. The highest BCUT2D eigenvalue weighted by atomic mass is 16.5. The van der Waals surface area contributed by atoms with Crippen LogP contribution in [0.4, 0.5) is 5.69 Å². The molecule has 0 saturated carbocycles. The van der Waals surface area contributed by atoms with Crippen molar-refractivity contribution in [3.63, 3.8) is 0 Å². The van der Waals surface area contributed by atoms with Gasteiger partial charge in [-0.25, -0.2) is 0 Å². The Hall–Kier alpha value is -2.82. The number of nitrogens with zero attached hydrogens (tertiary/aromatic N) is 2. The summed E-state index contributed by atoms with van der Waals surface area (Å²) in [7, 11) is 3.43. The van der Waals surface area contributed by atoms with Crippen LogP contribution in [0.1, 0.15) is 36.1 Å². The van der Waals surface area contributed by atoms with Crippen molar-refractivity contribution in [1.82, 2.24) is 4.90 Å². The Balaban J connectivity index is 1.78. The zero-order valence-electron chi connectivity index (χ0n) is 17.2. The summed E-state index contributed by atoms with van der Waals surface area (Å²) in [6.07, 6.45) is 0.245. The Bertz CT molecular complexity index is 893. The molecule has 2 aromatic carbocycles. The van der Waals surface area contributed by atoms with Crippen LogP contribution in [0.3, 0.4) is 0 Å². The summed E-state index contributed by atoms with van der Waals surface area (Å²) in [5.41, 5.74) is 4.08. The maximum Gasteiger partial charge on any atom is 0.228 e. The van der Waals surface area contributed by atoms with E-state index in [2.05, 4.69) is 0 Å². The van der Waals surface area contributed by atoms with Gasteiger partial charge in [0.2, 0.25) is 11.8 Å². The van der Waals surface area contributed by atoms with Crippen LogP contribution in [0.15, 0.2) is 42.5 Å². The Labute approximate surface area is 166 Å². The van der Waals surface area contributed by atoms with E-state index in [1.165, 1.54) is 0 Å². The SMILES string of the molecule is COc1ccccc1[C@H](C)N(C)C(=O)[C@H]1CC(=O)N(c2cccc(C)c2C)C1. The lowest BCUT2D eigenvalue weighted by Gasteiger charge is -2.29. The predicted octanol–water partition coefficient (Wildman–Crippen LogP) is 3.88. The third kappa shape index (κ3) is 3.61. The number of ether oxygens (including phenoxy) is 1. The van der Waals surface area contributed by atoms with Gasteiger partial charge in [0.15, 0.2) is 0 Å². The molecular formula is C23H28N2O3. The van der Waals surface area contributed by atoms with Crippen LogP contribution in [0.25, 0.3) is 0 Å². The smallest absolute Gasteiger partial charge is 0.228 e. The first kappa shape index (κ1) is 19.9. The van der Waals surface area contributed by atoms with Crippen molar-refractivity contribution in [2.45, 2.75) is 33.2 Å². The number of rotatable bonds is 5. The second-order valence-electron chi connectivity index (χ2n) is 7.49. The fourth-order valence-corrected chi connectivity index (χ4v) is 3.83. The maximum absolute atomic E-state index is 13.1. The van der Waals surface area contributed by atoms with E-state index in [1.807, 2.05) is 63.2 Å².